The number of carboxylic acids is 1. The summed E-state index contributed by atoms with van der Waals surface area (Å²) in [5, 5.41) is 42.5. The zero-order valence-electron chi connectivity index (χ0n) is 22.2. The maximum atomic E-state index is 13.8. The summed E-state index contributed by atoms with van der Waals surface area (Å²) in [5.74, 6) is 0.0747. The van der Waals surface area contributed by atoms with Crippen molar-refractivity contribution >= 4 is 5.97 Å². The molecule has 2 saturated heterocycles. The molecule has 4 N–H and O–H groups in total. The summed E-state index contributed by atoms with van der Waals surface area (Å²) in [6.45, 7) is 9.01. The lowest BCUT2D eigenvalue weighted by molar-refractivity contribution is -0.307. The highest BCUT2D eigenvalue weighted by Crippen LogP contribution is 2.84. The molecule has 0 aromatic rings. The molecule has 9 heteroatoms. The fourth-order valence-corrected chi connectivity index (χ4v) is 9.90. The number of hydrogen-bond acceptors (Lipinski definition) is 8. The molecule has 2 aliphatic heterocycles. The van der Waals surface area contributed by atoms with Crippen LogP contribution in [0.2, 0.25) is 0 Å². The molecule has 0 aromatic carbocycles. The van der Waals surface area contributed by atoms with Crippen molar-refractivity contribution in [3.63, 3.8) is 0 Å². The van der Waals surface area contributed by atoms with Crippen LogP contribution in [0.15, 0.2) is 11.6 Å². The predicted octanol–water partition coefficient (Wildman–Crippen LogP) is 1.93. The van der Waals surface area contributed by atoms with Gasteiger partial charge in [0.25, 0.3) is 0 Å². The molecule has 0 spiro atoms. The standard InChI is InChI=1S/C28H42O9/c1-13(2)19-9-16-10-27(25-34-7-8-35-25)18-6-5-14(3)17(18)11-26(16,28(19,27)24(32)33)12-36-23-22(31)21(30)20(29)15(4)37-23/h9,13-18,20-23,25,29-31H,5-8,10-12H2,1-4H3,(H,32,33)/t14-,15+,16+,17-,18-,20+,21+,22-,23+,26+,27-,28-/m0/s1. The van der Waals surface area contributed by atoms with E-state index in [9.17, 15) is 25.2 Å². The third kappa shape index (κ3) is 3.08. The second-order valence-electron chi connectivity index (χ2n) is 12.9. The van der Waals surface area contributed by atoms with E-state index < -0.39 is 59.2 Å². The number of carbonyl (C=O) groups is 1. The van der Waals surface area contributed by atoms with Gasteiger partial charge >= 0.3 is 5.97 Å². The Kier molecular flexibility index (Phi) is 6.16. The summed E-state index contributed by atoms with van der Waals surface area (Å²) in [5.41, 5.74) is -1.77. The third-order valence-corrected chi connectivity index (χ3v) is 11.3. The number of carboxylic acid groups (broad SMARTS) is 1. The summed E-state index contributed by atoms with van der Waals surface area (Å²) >= 11 is 0. The van der Waals surface area contributed by atoms with E-state index in [0.717, 1.165) is 18.4 Å². The lowest BCUT2D eigenvalue weighted by Crippen LogP contribution is -2.67. The summed E-state index contributed by atoms with van der Waals surface area (Å²) in [6, 6.07) is 0. The first-order valence-corrected chi connectivity index (χ1v) is 14.0. The lowest BCUT2D eigenvalue weighted by atomic mass is 9.42. The summed E-state index contributed by atoms with van der Waals surface area (Å²) in [4.78, 5) is 13.8. The highest BCUT2D eigenvalue weighted by Gasteiger charge is 2.86. The van der Waals surface area contributed by atoms with Crippen LogP contribution in [0.4, 0.5) is 0 Å². The van der Waals surface area contributed by atoms with Crippen LogP contribution in [0, 0.1) is 45.8 Å². The molecule has 0 amide bonds. The summed E-state index contributed by atoms with van der Waals surface area (Å²) in [6.07, 6.45) is -0.964. The highest BCUT2D eigenvalue weighted by atomic mass is 16.7. The van der Waals surface area contributed by atoms with Crippen molar-refractivity contribution in [2.45, 2.75) is 90.4 Å². The predicted molar refractivity (Wildman–Crippen MR) is 130 cm³/mol. The summed E-state index contributed by atoms with van der Waals surface area (Å²) in [7, 11) is 0. The van der Waals surface area contributed by atoms with Crippen molar-refractivity contribution < 1.29 is 44.2 Å². The lowest BCUT2D eigenvalue weighted by Gasteiger charge is -2.61. The number of fused-ring (bicyclic) bond motifs is 2. The first-order valence-electron chi connectivity index (χ1n) is 14.0. The Hall–Kier alpha value is -1.07. The average Bonchev–Trinajstić information content (AvgIpc) is 3.61. The molecule has 0 aromatic heterocycles. The molecular formula is C28H42O9. The van der Waals surface area contributed by atoms with Crippen molar-refractivity contribution in [3.8, 4) is 0 Å². The molecular weight excluding hydrogens is 480 g/mol. The van der Waals surface area contributed by atoms with Gasteiger partial charge in [-0.15, -0.1) is 0 Å². The maximum absolute atomic E-state index is 13.8. The Balaban J connectivity index is 1.47. The Morgan fingerprint density at radius 3 is 2.43 bits per heavy atom. The van der Waals surface area contributed by atoms with Gasteiger partial charge < -0.3 is 39.4 Å². The van der Waals surface area contributed by atoms with E-state index in [4.69, 9.17) is 18.9 Å². The van der Waals surface area contributed by atoms with Gasteiger partial charge in [-0.2, -0.15) is 0 Å². The average molecular weight is 523 g/mol. The second kappa shape index (κ2) is 8.71. The molecule has 3 saturated carbocycles. The molecule has 2 heterocycles. The first kappa shape index (κ1) is 26.2. The van der Waals surface area contributed by atoms with Crippen LogP contribution in [0.3, 0.4) is 0 Å². The number of rotatable bonds is 6. The first-order chi connectivity index (χ1) is 17.5. The minimum atomic E-state index is -1.44. The zero-order chi connectivity index (χ0) is 26.5. The Labute approximate surface area is 218 Å². The van der Waals surface area contributed by atoms with E-state index in [2.05, 4.69) is 26.8 Å². The smallest absolute Gasteiger partial charge is 0.315 e. The minimum absolute atomic E-state index is 0.0189. The summed E-state index contributed by atoms with van der Waals surface area (Å²) < 4.78 is 24.5. The molecule has 12 atom stereocenters. The largest absolute Gasteiger partial charge is 0.481 e. The number of allylic oxidation sites excluding steroid dienone is 1. The Bertz CT molecular complexity index is 961. The van der Waals surface area contributed by atoms with Crippen molar-refractivity contribution in [2.24, 2.45) is 45.8 Å². The molecule has 37 heavy (non-hydrogen) atoms. The van der Waals surface area contributed by atoms with Crippen LogP contribution in [0.5, 0.6) is 0 Å². The molecule has 0 unspecified atom stereocenters. The normalized spacial score (nSPS) is 53.1. The van der Waals surface area contributed by atoms with Gasteiger partial charge in [-0.05, 0) is 55.8 Å². The van der Waals surface area contributed by atoms with Crippen molar-refractivity contribution in [3.05, 3.63) is 11.6 Å². The van der Waals surface area contributed by atoms with Crippen LogP contribution in [-0.4, -0.2) is 83.2 Å². The van der Waals surface area contributed by atoms with E-state index in [1.165, 1.54) is 0 Å². The van der Waals surface area contributed by atoms with Crippen LogP contribution < -0.4 is 0 Å². The van der Waals surface area contributed by atoms with Crippen molar-refractivity contribution in [1.29, 1.82) is 0 Å². The quantitative estimate of drug-likeness (QED) is 0.386. The van der Waals surface area contributed by atoms with Crippen LogP contribution in [-0.2, 0) is 23.7 Å². The van der Waals surface area contributed by atoms with Crippen molar-refractivity contribution in [2.75, 3.05) is 19.8 Å². The van der Waals surface area contributed by atoms with Gasteiger partial charge in [-0.1, -0.05) is 38.8 Å². The Morgan fingerprint density at radius 1 is 1.08 bits per heavy atom. The van der Waals surface area contributed by atoms with Crippen LogP contribution >= 0.6 is 0 Å². The van der Waals surface area contributed by atoms with E-state index in [1.807, 2.05) is 0 Å². The second-order valence-corrected chi connectivity index (χ2v) is 12.9. The fraction of sp³-hybridized carbons (Fsp3) is 0.893. The van der Waals surface area contributed by atoms with Gasteiger partial charge in [0.1, 0.15) is 23.7 Å². The van der Waals surface area contributed by atoms with Gasteiger partial charge in [0.2, 0.25) is 0 Å². The molecule has 5 fully saturated rings. The number of hydrogen-bond donors (Lipinski definition) is 4. The maximum Gasteiger partial charge on any atom is 0.315 e. The Morgan fingerprint density at radius 2 is 1.78 bits per heavy atom. The molecule has 0 radical (unpaired) electrons. The number of aliphatic hydroxyl groups is 3. The van der Waals surface area contributed by atoms with Gasteiger partial charge in [0.05, 0.1) is 25.9 Å². The molecule has 6 rings (SSSR count). The van der Waals surface area contributed by atoms with Gasteiger partial charge in [-0.3, -0.25) is 4.79 Å². The monoisotopic (exact) mass is 522 g/mol. The highest BCUT2D eigenvalue weighted by molar-refractivity contribution is 5.85. The number of ether oxygens (including phenoxy) is 4. The van der Waals surface area contributed by atoms with E-state index in [-0.39, 0.29) is 24.4 Å². The molecule has 9 nitrogen and oxygen atoms in total. The third-order valence-electron chi connectivity index (χ3n) is 11.3. The SMILES string of the molecule is CC(C)C1=C[C@@H]2C[C@@]3(C4OCCO4)[C@H]4CC[C@H](C)[C@@H]4C[C@]2(CO[C@@H]2O[C@H](C)[C@@H](O)[C@@H](O)[C@@H]2O)[C@@]13C(=O)O. The van der Waals surface area contributed by atoms with E-state index in [0.29, 0.717) is 37.9 Å². The van der Waals surface area contributed by atoms with Gasteiger partial charge in [0, 0.05) is 10.8 Å². The zero-order valence-corrected chi connectivity index (χ0v) is 22.2. The number of aliphatic hydroxyl groups excluding tert-OH is 3. The topological polar surface area (TPSA) is 135 Å². The van der Waals surface area contributed by atoms with Gasteiger partial charge in [0.15, 0.2) is 12.6 Å². The van der Waals surface area contributed by atoms with Crippen LogP contribution in [0.1, 0.15) is 53.4 Å². The van der Waals surface area contributed by atoms with E-state index >= 15 is 0 Å². The minimum Gasteiger partial charge on any atom is -0.481 e. The fourth-order valence-electron chi connectivity index (χ4n) is 9.90. The molecule has 4 aliphatic carbocycles. The molecule has 6 aliphatic rings. The molecule has 4 bridgehead atoms. The number of aliphatic carboxylic acids is 1. The van der Waals surface area contributed by atoms with E-state index in [1.54, 1.807) is 6.92 Å². The van der Waals surface area contributed by atoms with Gasteiger partial charge in [-0.25, -0.2) is 0 Å². The van der Waals surface area contributed by atoms with Crippen molar-refractivity contribution in [1.82, 2.24) is 0 Å². The van der Waals surface area contributed by atoms with Crippen LogP contribution in [0.25, 0.3) is 0 Å². The molecule has 208 valence electrons.